The molecule has 0 N–H and O–H groups in total. The van der Waals surface area contributed by atoms with Gasteiger partial charge in [-0.3, -0.25) is 0 Å². The van der Waals surface area contributed by atoms with E-state index in [0.29, 0.717) is 0 Å². The molecule has 14 heavy (non-hydrogen) atoms. The fraction of sp³-hybridized carbons (Fsp3) is 1.00. The molecule has 0 aliphatic rings. The lowest BCUT2D eigenvalue weighted by Crippen LogP contribution is -2.30. The highest BCUT2D eigenvalue weighted by molar-refractivity contribution is 4.64. The maximum atomic E-state index is 2.61. The Balaban J connectivity index is 3.83. The van der Waals surface area contributed by atoms with E-state index in [1.54, 1.807) is 0 Å². The molecule has 0 aliphatic heterocycles. The smallest absolute Gasteiger partial charge is 0.000953 e. The van der Waals surface area contributed by atoms with Crippen molar-refractivity contribution in [3.63, 3.8) is 0 Å². The van der Waals surface area contributed by atoms with Crippen molar-refractivity contribution in [3.05, 3.63) is 0 Å². The zero-order valence-electron chi connectivity index (χ0n) is 10.7. The Bertz CT molecular complexity index is 106. The van der Waals surface area contributed by atoms with Crippen LogP contribution in [0.15, 0.2) is 0 Å². The second-order valence-corrected chi connectivity index (χ2v) is 4.34. The van der Waals surface area contributed by atoms with E-state index in [2.05, 4.69) is 32.6 Å². The van der Waals surface area contributed by atoms with E-state index in [4.69, 9.17) is 0 Å². The largest absolute Gasteiger partial charge is 0.303 e. The minimum atomic E-state index is 0.941. The van der Waals surface area contributed by atoms with Crippen LogP contribution in [0.2, 0.25) is 0 Å². The molecular weight excluding hydrogens is 170 g/mol. The minimum absolute atomic E-state index is 0.941. The molecule has 0 bridgehead atoms. The minimum Gasteiger partial charge on any atom is -0.303 e. The Morgan fingerprint density at radius 2 is 1.43 bits per heavy atom. The summed E-state index contributed by atoms with van der Waals surface area (Å²) in [5.41, 5.74) is 0. The van der Waals surface area contributed by atoms with Crippen molar-refractivity contribution in [2.45, 2.75) is 59.8 Å². The SMILES string of the molecule is CCCC(CCC)CN(CC)CCC. The lowest BCUT2D eigenvalue weighted by Gasteiger charge is -2.25. The van der Waals surface area contributed by atoms with Crippen LogP contribution >= 0.6 is 0 Å². The number of hydrogen-bond acceptors (Lipinski definition) is 1. The van der Waals surface area contributed by atoms with Crippen LogP contribution in [0.1, 0.15) is 59.8 Å². The summed E-state index contributed by atoms with van der Waals surface area (Å²) in [6, 6.07) is 0. The van der Waals surface area contributed by atoms with Crippen molar-refractivity contribution >= 4 is 0 Å². The molecule has 0 unspecified atom stereocenters. The number of rotatable bonds is 9. The zero-order chi connectivity index (χ0) is 10.8. The molecule has 1 nitrogen and oxygen atoms in total. The van der Waals surface area contributed by atoms with Crippen LogP contribution in [0.25, 0.3) is 0 Å². The summed E-state index contributed by atoms with van der Waals surface area (Å²) in [6.07, 6.45) is 6.80. The third kappa shape index (κ3) is 6.42. The molecule has 0 spiro atoms. The Morgan fingerprint density at radius 1 is 0.857 bits per heavy atom. The van der Waals surface area contributed by atoms with Gasteiger partial charge in [-0.15, -0.1) is 0 Å². The fourth-order valence-electron chi connectivity index (χ4n) is 2.20. The maximum Gasteiger partial charge on any atom is 0.000953 e. The summed E-state index contributed by atoms with van der Waals surface area (Å²) in [5, 5.41) is 0. The van der Waals surface area contributed by atoms with Gasteiger partial charge in [-0.2, -0.15) is 0 Å². The van der Waals surface area contributed by atoms with Crippen molar-refractivity contribution in [2.75, 3.05) is 19.6 Å². The maximum absolute atomic E-state index is 2.61. The van der Waals surface area contributed by atoms with Crippen molar-refractivity contribution in [1.29, 1.82) is 0 Å². The van der Waals surface area contributed by atoms with Gasteiger partial charge in [0.05, 0.1) is 0 Å². The highest BCUT2D eigenvalue weighted by Crippen LogP contribution is 2.15. The van der Waals surface area contributed by atoms with E-state index >= 15 is 0 Å². The van der Waals surface area contributed by atoms with Gasteiger partial charge in [-0.1, -0.05) is 40.5 Å². The molecule has 0 aliphatic carbocycles. The van der Waals surface area contributed by atoms with Gasteiger partial charge in [0.2, 0.25) is 0 Å². The third-order valence-corrected chi connectivity index (χ3v) is 2.90. The monoisotopic (exact) mass is 199 g/mol. The summed E-state index contributed by atoms with van der Waals surface area (Å²) in [6.45, 7) is 13.0. The average molecular weight is 199 g/mol. The summed E-state index contributed by atoms with van der Waals surface area (Å²) in [5.74, 6) is 0.941. The highest BCUT2D eigenvalue weighted by Gasteiger charge is 2.10. The summed E-state index contributed by atoms with van der Waals surface area (Å²) in [7, 11) is 0. The predicted molar refractivity (Wildman–Crippen MR) is 65.7 cm³/mol. The highest BCUT2D eigenvalue weighted by atomic mass is 15.1. The summed E-state index contributed by atoms with van der Waals surface area (Å²) >= 11 is 0. The van der Waals surface area contributed by atoms with Gasteiger partial charge < -0.3 is 4.90 Å². The van der Waals surface area contributed by atoms with Gasteiger partial charge in [-0.05, 0) is 38.3 Å². The number of hydrogen-bond donors (Lipinski definition) is 0. The molecule has 0 aromatic carbocycles. The first-order chi connectivity index (χ1) is 6.78. The van der Waals surface area contributed by atoms with Crippen molar-refractivity contribution < 1.29 is 0 Å². The molecule has 0 amide bonds. The van der Waals surface area contributed by atoms with Crippen LogP contribution in [-0.4, -0.2) is 24.5 Å². The van der Waals surface area contributed by atoms with E-state index in [-0.39, 0.29) is 0 Å². The van der Waals surface area contributed by atoms with Crippen LogP contribution in [0, 0.1) is 5.92 Å². The molecule has 0 radical (unpaired) electrons. The molecule has 0 rings (SSSR count). The molecule has 0 saturated carbocycles. The van der Waals surface area contributed by atoms with Gasteiger partial charge in [-0.25, -0.2) is 0 Å². The van der Waals surface area contributed by atoms with E-state index in [1.165, 1.54) is 51.7 Å². The Morgan fingerprint density at radius 3 is 1.79 bits per heavy atom. The van der Waals surface area contributed by atoms with E-state index in [0.717, 1.165) is 5.92 Å². The first-order valence-corrected chi connectivity index (χ1v) is 6.50. The van der Waals surface area contributed by atoms with Gasteiger partial charge in [0, 0.05) is 6.54 Å². The van der Waals surface area contributed by atoms with Crippen LogP contribution in [0.5, 0.6) is 0 Å². The molecule has 0 aromatic heterocycles. The molecule has 0 saturated heterocycles. The molecule has 0 aromatic rings. The second-order valence-electron chi connectivity index (χ2n) is 4.34. The van der Waals surface area contributed by atoms with Crippen molar-refractivity contribution in [2.24, 2.45) is 5.92 Å². The lowest BCUT2D eigenvalue weighted by molar-refractivity contribution is 0.226. The summed E-state index contributed by atoms with van der Waals surface area (Å²) in [4.78, 5) is 2.61. The van der Waals surface area contributed by atoms with E-state index in [1.807, 2.05) is 0 Å². The van der Waals surface area contributed by atoms with Crippen molar-refractivity contribution in [1.82, 2.24) is 4.90 Å². The molecule has 0 atom stereocenters. The standard InChI is InChI=1S/C13H29N/c1-5-9-13(10-6-2)12-14(8-4)11-7-3/h13H,5-12H2,1-4H3. The number of nitrogens with zero attached hydrogens (tertiary/aromatic N) is 1. The van der Waals surface area contributed by atoms with Crippen LogP contribution in [0.3, 0.4) is 0 Å². The summed E-state index contributed by atoms with van der Waals surface area (Å²) < 4.78 is 0. The first kappa shape index (κ1) is 14.0. The molecule has 1 heteroatoms. The second kappa shape index (κ2) is 9.51. The topological polar surface area (TPSA) is 3.24 Å². The van der Waals surface area contributed by atoms with E-state index < -0.39 is 0 Å². The van der Waals surface area contributed by atoms with Crippen LogP contribution in [-0.2, 0) is 0 Å². The average Bonchev–Trinajstić information content (AvgIpc) is 2.18. The van der Waals surface area contributed by atoms with Crippen LogP contribution in [0.4, 0.5) is 0 Å². The fourth-order valence-corrected chi connectivity index (χ4v) is 2.20. The molecular formula is C13H29N. The normalized spacial score (nSPS) is 11.6. The predicted octanol–water partition coefficient (Wildman–Crippen LogP) is 3.93. The first-order valence-electron chi connectivity index (χ1n) is 6.50. The molecule has 86 valence electrons. The lowest BCUT2D eigenvalue weighted by atomic mass is 9.97. The Kier molecular flexibility index (Phi) is 9.49. The van der Waals surface area contributed by atoms with Crippen LogP contribution < -0.4 is 0 Å². The molecule has 0 fully saturated rings. The van der Waals surface area contributed by atoms with Gasteiger partial charge >= 0.3 is 0 Å². The van der Waals surface area contributed by atoms with Crippen molar-refractivity contribution in [3.8, 4) is 0 Å². The zero-order valence-corrected chi connectivity index (χ0v) is 10.7. The van der Waals surface area contributed by atoms with Gasteiger partial charge in [0.15, 0.2) is 0 Å². The van der Waals surface area contributed by atoms with Gasteiger partial charge in [0.25, 0.3) is 0 Å². The van der Waals surface area contributed by atoms with Gasteiger partial charge in [0.1, 0.15) is 0 Å². The third-order valence-electron chi connectivity index (χ3n) is 2.90. The quantitative estimate of drug-likeness (QED) is 0.544. The molecule has 0 heterocycles. The Hall–Kier alpha value is -0.0400. The Labute approximate surface area is 90.9 Å². The van der Waals surface area contributed by atoms with E-state index in [9.17, 15) is 0 Å².